The highest BCUT2D eigenvalue weighted by Gasteiger charge is 2.26. The molecular weight excluding hydrogens is 396 g/mol. The fourth-order valence-corrected chi connectivity index (χ4v) is 3.61. The Kier molecular flexibility index (Phi) is 5.61. The Morgan fingerprint density at radius 3 is 2.42 bits per heavy atom. The Hall–Kier alpha value is -3.27. The largest absolute Gasteiger partial charge is 0.381 e. The molecule has 0 radical (unpaired) electrons. The molecular formula is C21H26N8O2. The highest BCUT2D eigenvalue weighted by molar-refractivity contribution is 5.56. The van der Waals surface area contributed by atoms with Crippen LogP contribution in [0, 0.1) is 11.8 Å². The summed E-state index contributed by atoms with van der Waals surface area (Å²) in [5, 5.41) is 7.16. The smallest absolute Gasteiger partial charge is 0.324 e. The summed E-state index contributed by atoms with van der Waals surface area (Å²) in [4.78, 5) is 19.3. The van der Waals surface area contributed by atoms with E-state index in [1.807, 2.05) is 30.3 Å². The molecule has 1 aliphatic carbocycles. The van der Waals surface area contributed by atoms with Gasteiger partial charge in [0.25, 0.3) is 0 Å². The van der Waals surface area contributed by atoms with Crippen molar-refractivity contribution in [1.29, 1.82) is 0 Å². The number of anilines is 4. The van der Waals surface area contributed by atoms with E-state index in [9.17, 15) is 0 Å². The molecule has 0 amide bonds. The fourth-order valence-electron chi connectivity index (χ4n) is 3.61. The second-order valence-electron chi connectivity index (χ2n) is 8.14. The quantitative estimate of drug-likeness (QED) is 0.559. The van der Waals surface area contributed by atoms with Crippen molar-refractivity contribution >= 4 is 23.6 Å². The number of benzene rings is 1. The highest BCUT2D eigenvalue weighted by Crippen LogP contribution is 2.30. The number of ether oxygens (including phenoxy) is 1. The maximum Gasteiger partial charge on any atom is 0.324 e. The van der Waals surface area contributed by atoms with Gasteiger partial charge in [0.2, 0.25) is 23.5 Å². The van der Waals surface area contributed by atoms with Crippen LogP contribution in [0.4, 0.5) is 23.6 Å². The van der Waals surface area contributed by atoms with Crippen molar-refractivity contribution in [2.45, 2.75) is 25.7 Å². The Labute approximate surface area is 180 Å². The maximum atomic E-state index is 5.87. The Morgan fingerprint density at radius 1 is 0.935 bits per heavy atom. The van der Waals surface area contributed by atoms with E-state index < -0.39 is 0 Å². The number of nitrogens with zero attached hydrogens (tertiary/aromatic N) is 6. The Balaban J connectivity index is 1.21. The molecule has 0 bridgehead atoms. The van der Waals surface area contributed by atoms with Gasteiger partial charge in [-0.3, -0.25) is 0 Å². The molecule has 5 rings (SSSR count). The average molecular weight is 422 g/mol. The zero-order chi connectivity index (χ0) is 21.0. The SMILES string of the molecule is Nc1nc(Nc2ccccc2)nc(-c2noc(N3CCC(COCC4CC4)CC3)n2)n1. The van der Waals surface area contributed by atoms with E-state index in [0.29, 0.717) is 17.9 Å². The van der Waals surface area contributed by atoms with Crippen LogP contribution in [0.1, 0.15) is 25.7 Å². The van der Waals surface area contributed by atoms with Crippen LogP contribution < -0.4 is 16.0 Å². The summed E-state index contributed by atoms with van der Waals surface area (Å²) in [5.41, 5.74) is 6.71. The predicted octanol–water partition coefficient (Wildman–Crippen LogP) is 2.89. The van der Waals surface area contributed by atoms with Crippen molar-refractivity contribution in [2.24, 2.45) is 11.8 Å². The fraction of sp³-hybridized carbons (Fsp3) is 0.476. The molecule has 162 valence electrons. The second-order valence-corrected chi connectivity index (χ2v) is 8.14. The number of nitrogens with one attached hydrogen (secondary N) is 1. The second kappa shape index (κ2) is 8.84. The predicted molar refractivity (Wildman–Crippen MR) is 116 cm³/mol. The first-order chi connectivity index (χ1) is 15.2. The molecule has 3 heterocycles. The molecule has 10 nitrogen and oxygen atoms in total. The van der Waals surface area contributed by atoms with Gasteiger partial charge in [-0.05, 0) is 49.7 Å². The van der Waals surface area contributed by atoms with E-state index in [4.69, 9.17) is 15.0 Å². The number of hydrogen-bond donors (Lipinski definition) is 2. The molecule has 0 unspecified atom stereocenters. The minimum atomic E-state index is 0.0850. The van der Waals surface area contributed by atoms with E-state index in [-0.39, 0.29) is 17.6 Å². The molecule has 1 saturated carbocycles. The zero-order valence-corrected chi connectivity index (χ0v) is 17.3. The summed E-state index contributed by atoms with van der Waals surface area (Å²) in [6.07, 6.45) is 4.75. The van der Waals surface area contributed by atoms with Gasteiger partial charge in [-0.25, -0.2) is 0 Å². The van der Waals surface area contributed by atoms with Crippen LogP contribution in [0.3, 0.4) is 0 Å². The number of piperidine rings is 1. The van der Waals surface area contributed by atoms with Gasteiger partial charge in [0.15, 0.2) is 0 Å². The van der Waals surface area contributed by atoms with Crippen molar-refractivity contribution in [3.63, 3.8) is 0 Å². The minimum Gasteiger partial charge on any atom is -0.381 e. The lowest BCUT2D eigenvalue weighted by molar-refractivity contribution is 0.0824. The molecule has 10 heteroatoms. The molecule has 2 aromatic heterocycles. The van der Waals surface area contributed by atoms with Crippen molar-refractivity contribution in [3.8, 4) is 11.6 Å². The van der Waals surface area contributed by atoms with Gasteiger partial charge in [-0.2, -0.15) is 19.9 Å². The van der Waals surface area contributed by atoms with Gasteiger partial charge >= 0.3 is 6.01 Å². The third kappa shape index (κ3) is 5.08. The van der Waals surface area contributed by atoms with Crippen LogP contribution in [0.15, 0.2) is 34.9 Å². The lowest BCUT2D eigenvalue weighted by atomic mass is 9.98. The molecule has 1 aromatic carbocycles. The van der Waals surface area contributed by atoms with E-state index >= 15 is 0 Å². The van der Waals surface area contributed by atoms with Crippen LogP contribution in [-0.2, 0) is 4.74 Å². The van der Waals surface area contributed by atoms with Crippen molar-refractivity contribution in [3.05, 3.63) is 30.3 Å². The third-order valence-corrected chi connectivity index (χ3v) is 5.59. The van der Waals surface area contributed by atoms with Gasteiger partial charge in [-0.1, -0.05) is 23.4 Å². The summed E-state index contributed by atoms with van der Waals surface area (Å²) >= 11 is 0. The van der Waals surface area contributed by atoms with Crippen LogP contribution in [0.2, 0.25) is 0 Å². The van der Waals surface area contributed by atoms with Crippen molar-refractivity contribution in [2.75, 3.05) is 42.3 Å². The Bertz CT molecular complexity index is 1000. The number of nitrogen functional groups attached to an aromatic ring is 1. The van der Waals surface area contributed by atoms with Crippen LogP contribution >= 0.6 is 0 Å². The standard InChI is InChI=1S/C21H26N8O2/c22-19-24-17(25-20(27-19)23-16-4-2-1-3-5-16)18-26-21(31-28-18)29-10-8-15(9-11-29)13-30-12-14-6-7-14/h1-5,14-15H,6-13H2,(H3,22,23,24,25,27). The molecule has 1 saturated heterocycles. The normalized spacial score (nSPS) is 17.1. The maximum absolute atomic E-state index is 5.87. The average Bonchev–Trinajstić information content (AvgIpc) is 3.47. The van der Waals surface area contributed by atoms with Crippen molar-refractivity contribution in [1.82, 2.24) is 25.1 Å². The molecule has 31 heavy (non-hydrogen) atoms. The topological polar surface area (TPSA) is 128 Å². The molecule has 3 aromatic rings. The highest BCUT2D eigenvalue weighted by atomic mass is 16.5. The first-order valence-corrected chi connectivity index (χ1v) is 10.7. The van der Waals surface area contributed by atoms with E-state index in [2.05, 4.69) is 35.3 Å². The molecule has 3 N–H and O–H groups in total. The molecule has 2 aliphatic rings. The number of nitrogens with two attached hydrogens (primary N) is 1. The first-order valence-electron chi connectivity index (χ1n) is 10.7. The van der Waals surface area contributed by atoms with Gasteiger partial charge in [0.05, 0.1) is 0 Å². The van der Waals surface area contributed by atoms with Crippen molar-refractivity contribution < 1.29 is 9.26 Å². The summed E-state index contributed by atoms with van der Waals surface area (Å²) in [6, 6.07) is 10.1. The minimum absolute atomic E-state index is 0.0850. The number of hydrogen-bond acceptors (Lipinski definition) is 10. The monoisotopic (exact) mass is 422 g/mol. The first kappa shape index (κ1) is 19.7. The lowest BCUT2D eigenvalue weighted by Crippen LogP contribution is -2.35. The molecule has 0 spiro atoms. The summed E-state index contributed by atoms with van der Waals surface area (Å²) in [5.74, 6) is 2.37. The van der Waals surface area contributed by atoms with E-state index in [0.717, 1.165) is 50.8 Å². The Morgan fingerprint density at radius 2 is 1.68 bits per heavy atom. The third-order valence-electron chi connectivity index (χ3n) is 5.59. The summed E-state index contributed by atoms with van der Waals surface area (Å²) in [7, 11) is 0. The van der Waals surface area contributed by atoms with E-state index in [1.54, 1.807) is 0 Å². The van der Waals surface area contributed by atoms with Gasteiger partial charge in [0.1, 0.15) is 0 Å². The number of para-hydroxylation sites is 1. The number of aromatic nitrogens is 5. The zero-order valence-electron chi connectivity index (χ0n) is 17.3. The summed E-state index contributed by atoms with van der Waals surface area (Å²) < 4.78 is 11.3. The van der Waals surface area contributed by atoms with Crippen LogP contribution in [0.25, 0.3) is 11.6 Å². The number of rotatable bonds is 8. The van der Waals surface area contributed by atoms with Gasteiger partial charge < -0.3 is 25.2 Å². The summed E-state index contributed by atoms with van der Waals surface area (Å²) in [6.45, 7) is 3.49. The van der Waals surface area contributed by atoms with E-state index in [1.165, 1.54) is 12.8 Å². The molecule has 2 fully saturated rings. The van der Waals surface area contributed by atoms with Gasteiger partial charge in [-0.15, -0.1) is 0 Å². The molecule has 0 atom stereocenters. The van der Waals surface area contributed by atoms with Crippen LogP contribution in [-0.4, -0.2) is 51.4 Å². The van der Waals surface area contributed by atoms with Crippen LogP contribution in [0.5, 0.6) is 0 Å². The van der Waals surface area contributed by atoms with Gasteiger partial charge in [0, 0.05) is 32.0 Å². The lowest BCUT2D eigenvalue weighted by Gasteiger charge is -2.30. The molecule has 1 aliphatic heterocycles.